The first kappa shape index (κ1) is 13.8. The highest BCUT2D eigenvalue weighted by atomic mass is 32.2. The molecule has 106 valence electrons. The lowest BCUT2D eigenvalue weighted by atomic mass is 9.78. The Balaban J connectivity index is 1.73. The smallest absolute Gasteiger partial charge is 0.0915 e. The molecule has 1 aromatic heterocycles. The van der Waals surface area contributed by atoms with Crippen LogP contribution in [0.2, 0.25) is 0 Å². The van der Waals surface area contributed by atoms with Crippen LogP contribution in [0.25, 0.3) is 0 Å². The van der Waals surface area contributed by atoms with Gasteiger partial charge in [0, 0.05) is 6.61 Å². The van der Waals surface area contributed by atoms with Gasteiger partial charge in [-0.05, 0) is 50.2 Å². The van der Waals surface area contributed by atoms with Gasteiger partial charge in [-0.25, -0.2) is 0 Å². The van der Waals surface area contributed by atoms with Gasteiger partial charge in [-0.3, -0.25) is 0 Å². The topological polar surface area (TPSA) is 47.0 Å². The van der Waals surface area contributed by atoms with E-state index in [0.29, 0.717) is 12.0 Å². The maximum atomic E-state index is 6.17. The summed E-state index contributed by atoms with van der Waals surface area (Å²) < 4.78 is 14.7. The number of nitrogens with one attached hydrogen (secondary N) is 1. The summed E-state index contributed by atoms with van der Waals surface area (Å²) in [5, 5.41) is 3.44. The van der Waals surface area contributed by atoms with E-state index in [1.165, 1.54) is 36.1 Å². The van der Waals surface area contributed by atoms with E-state index in [9.17, 15) is 0 Å². The van der Waals surface area contributed by atoms with Gasteiger partial charge >= 0.3 is 0 Å². The van der Waals surface area contributed by atoms with Crippen molar-refractivity contribution in [2.75, 3.05) is 25.2 Å². The van der Waals surface area contributed by atoms with Gasteiger partial charge in [0.25, 0.3) is 0 Å². The molecule has 3 heterocycles. The van der Waals surface area contributed by atoms with Crippen LogP contribution in [0, 0.1) is 5.92 Å². The number of hydrogen-bond acceptors (Lipinski definition) is 6. The molecule has 0 bridgehead atoms. The van der Waals surface area contributed by atoms with Crippen molar-refractivity contribution in [2.24, 2.45) is 5.92 Å². The van der Waals surface area contributed by atoms with Gasteiger partial charge in [0.1, 0.15) is 0 Å². The summed E-state index contributed by atoms with van der Waals surface area (Å²) >= 11 is 3.36. The van der Waals surface area contributed by atoms with Gasteiger partial charge in [0.2, 0.25) is 0 Å². The molecule has 6 heteroatoms. The largest absolute Gasteiger partial charge is 0.375 e. The highest BCUT2D eigenvalue weighted by molar-refractivity contribution is 7.99. The van der Waals surface area contributed by atoms with Crippen molar-refractivity contribution in [2.45, 2.75) is 37.3 Å². The van der Waals surface area contributed by atoms with Gasteiger partial charge in [0.05, 0.1) is 35.3 Å². The molecule has 1 aromatic rings. The first-order chi connectivity index (χ1) is 9.33. The van der Waals surface area contributed by atoms with Crippen molar-refractivity contribution in [3.05, 3.63) is 11.9 Å². The van der Waals surface area contributed by atoms with Crippen LogP contribution in [-0.4, -0.2) is 39.5 Å². The van der Waals surface area contributed by atoms with Crippen LogP contribution in [-0.2, 0) is 4.74 Å². The summed E-state index contributed by atoms with van der Waals surface area (Å²) in [4.78, 5) is 0. The third-order valence-corrected chi connectivity index (χ3v) is 5.89. The highest BCUT2D eigenvalue weighted by Crippen LogP contribution is 2.43. The van der Waals surface area contributed by atoms with Gasteiger partial charge < -0.3 is 10.1 Å². The lowest BCUT2D eigenvalue weighted by Crippen LogP contribution is -2.45. The summed E-state index contributed by atoms with van der Waals surface area (Å²) in [6, 6.07) is 0.328. The first-order valence-electron chi connectivity index (χ1n) is 6.99. The first-order valence-corrected chi connectivity index (χ1v) is 8.88. The van der Waals surface area contributed by atoms with E-state index in [0.717, 1.165) is 25.1 Å². The number of ether oxygens (including phenoxy) is 1. The maximum Gasteiger partial charge on any atom is 0.0915 e. The SMILES string of the molecule is CNC(c1cnsn1)C1CCOC2(CCSCC2)C1. The Kier molecular flexibility index (Phi) is 4.41. The third kappa shape index (κ3) is 2.96. The molecule has 2 atom stereocenters. The van der Waals surface area contributed by atoms with Crippen LogP contribution in [0.4, 0.5) is 0 Å². The van der Waals surface area contributed by atoms with E-state index in [-0.39, 0.29) is 5.60 Å². The molecule has 0 radical (unpaired) electrons. The molecule has 1 spiro atoms. The molecular weight excluding hydrogens is 278 g/mol. The second-order valence-electron chi connectivity index (χ2n) is 5.50. The summed E-state index contributed by atoms with van der Waals surface area (Å²) in [5.74, 6) is 3.11. The van der Waals surface area contributed by atoms with Crippen molar-refractivity contribution in [3.8, 4) is 0 Å². The fourth-order valence-electron chi connectivity index (χ4n) is 3.38. The predicted octanol–water partition coefficient (Wildman–Crippen LogP) is 2.49. The Hall–Kier alpha value is -0.170. The van der Waals surface area contributed by atoms with Crippen LogP contribution >= 0.6 is 23.5 Å². The normalized spacial score (nSPS) is 28.4. The Labute approximate surface area is 123 Å². The predicted molar refractivity (Wildman–Crippen MR) is 79.7 cm³/mol. The Morgan fingerprint density at radius 1 is 1.47 bits per heavy atom. The number of hydrogen-bond donors (Lipinski definition) is 1. The van der Waals surface area contributed by atoms with E-state index >= 15 is 0 Å². The highest BCUT2D eigenvalue weighted by Gasteiger charge is 2.41. The molecule has 4 nitrogen and oxygen atoms in total. The van der Waals surface area contributed by atoms with Crippen molar-refractivity contribution in [3.63, 3.8) is 0 Å². The minimum absolute atomic E-state index is 0.146. The Bertz CT molecular complexity index is 387. The zero-order valence-electron chi connectivity index (χ0n) is 11.3. The van der Waals surface area contributed by atoms with Crippen LogP contribution in [0.5, 0.6) is 0 Å². The van der Waals surface area contributed by atoms with E-state index < -0.39 is 0 Å². The summed E-state index contributed by atoms with van der Waals surface area (Å²) in [6.07, 6.45) is 6.61. The van der Waals surface area contributed by atoms with Gasteiger partial charge in [-0.1, -0.05) is 0 Å². The van der Waals surface area contributed by atoms with Crippen LogP contribution < -0.4 is 5.32 Å². The molecule has 2 fully saturated rings. The summed E-state index contributed by atoms with van der Waals surface area (Å²) in [6.45, 7) is 0.894. The lowest BCUT2D eigenvalue weighted by Gasteiger charge is -2.45. The molecule has 2 unspecified atom stereocenters. The molecule has 1 N–H and O–H groups in total. The quantitative estimate of drug-likeness (QED) is 0.929. The Morgan fingerprint density at radius 2 is 2.32 bits per heavy atom. The van der Waals surface area contributed by atoms with E-state index in [4.69, 9.17) is 4.74 Å². The van der Waals surface area contributed by atoms with Crippen LogP contribution in [0.3, 0.4) is 0 Å². The van der Waals surface area contributed by atoms with Crippen molar-refractivity contribution < 1.29 is 4.74 Å². The minimum atomic E-state index is 0.146. The van der Waals surface area contributed by atoms with Crippen molar-refractivity contribution >= 4 is 23.5 Å². The van der Waals surface area contributed by atoms with E-state index in [2.05, 4.69) is 25.8 Å². The zero-order chi connectivity index (χ0) is 13.1. The molecule has 2 aliphatic rings. The third-order valence-electron chi connectivity index (χ3n) is 4.41. The zero-order valence-corrected chi connectivity index (χ0v) is 12.9. The van der Waals surface area contributed by atoms with E-state index in [1.807, 2.05) is 13.2 Å². The lowest BCUT2D eigenvalue weighted by molar-refractivity contribution is -0.107. The number of aromatic nitrogens is 2. The molecule has 2 aliphatic heterocycles. The minimum Gasteiger partial charge on any atom is -0.375 e. The molecule has 0 amide bonds. The fourth-order valence-corrected chi connectivity index (χ4v) is 5.07. The Morgan fingerprint density at radius 3 is 3.00 bits per heavy atom. The van der Waals surface area contributed by atoms with Crippen molar-refractivity contribution in [1.82, 2.24) is 14.1 Å². The number of rotatable bonds is 3. The molecular formula is C13H21N3OS2. The number of nitrogens with zero attached hydrogens (tertiary/aromatic N) is 2. The fraction of sp³-hybridized carbons (Fsp3) is 0.846. The molecule has 2 saturated heterocycles. The molecule has 0 saturated carbocycles. The second kappa shape index (κ2) is 6.08. The average Bonchev–Trinajstić information content (AvgIpc) is 2.95. The van der Waals surface area contributed by atoms with E-state index in [1.54, 1.807) is 0 Å². The standard InChI is InChI=1S/C13H21N3OS2/c1-14-12(11-9-15-19-16-11)10-2-5-17-13(8-10)3-6-18-7-4-13/h9-10,12,14H,2-8H2,1H3. The second-order valence-corrected chi connectivity index (χ2v) is 7.28. The van der Waals surface area contributed by atoms with Gasteiger partial charge in [0.15, 0.2) is 0 Å². The maximum absolute atomic E-state index is 6.17. The molecule has 19 heavy (non-hydrogen) atoms. The molecule has 3 rings (SSSR count). The van der Waals surface area contributed by atoms with Gasteiger partial charge in [-0.15, -0.1) is 0 Å². The van der Waals surface area contributed by atoms with Crippen LogP contribution in [0.15, 0.2) is 6.20 Å². The van der Waals surface area contributed by atoms with Crippen LogP contribution in [0.1, 0.15) is 37.4 Å². The average molecular weight is 299 g/mol. The van der Waals surface area contributed by atoms with Gasteiger partial charge in [-0.2, -0.15) is 20.5 Å². The molecule has 0 aromatic carbocycles. The van der Waals surface area contributed by atoms with Crippen molar-refractivity contribution in [1.29, 1.82) is 0 Å². The molecule has 0 aliphatic carbocycles. The monoisotopic (exact) mass is 299 g/mol. The number of thioether (sulfide) groups is 1. The summed E-state index contributed by atoms with van der Waals surface area (Å²) in [5.41, 5.74) is 1.24. The summed E-state index contributed by atoms with van der Waals surface area (Å²) in [7, 11) is 2.03.